The van der Waals surface area contributed by atoms with Gasteiger partial charge in [0.2, 0.25) is 0 Å². The molecule has 16 heavy (non-hydrogen) atoms. The summed E-state index contributed by atoms with van der Waals surface area (Å²) in [5.41, 5.74) is 0. The number of hydrogen-bond acceptors (Lipinski definition) is 0. The minimum absolute atomic E-state index is 1.37. The molecule has 0 radical (unpaired) electrons. The van der Waals surface area contributed by atoms with Crippen LogP contribution in [0.5, 0.6) is 0 Å². The fraction of sp³-hybridized carbons (Fsp3) is 1.00. The Hall–Kier alpha value is 0.799. The standard InChI is InChI=1S/C12H25.3CH3.Sn/c1-3-5-7-9-11-12-10-8-6-4-2;;;;/h1,3-12H2,2H3;3*1H3;. The Kier molecular flexibility index (Phi) is 11.5. The zero-order chi connectivity index (χ0) is 12.3. The minimum atomic E-state index is -1.41. The maximum absolute atomic E-state index is 2.56. The van der Waals surface area contributed by atoms with Crippen LogP contribution in [0.25, 0.3) is 0 Å². The fourth-order valence-electron chi connectivity index (χ4n) is 2.14. The number of rotatable bonds is 11. The van der Waals surface area contributed by atoms with Gasteiger partial charge in [-0.3, -0.25) is 0 Å². The first-order valence-corrected chi connectivity index (χ1v) is 18.1. The van der Waals surface area contributed by atoms with Crippen LogP contribution < -0.4 is 0 Å². The predicted octanol–water partition coefficient (Wildman–Crippen LogP) is 6.25. The van der Waals surface area contributed by atoms with Gasteiger partial charge in [0.15, 0.2) is 0 Å². The van der Waals surface area contributed by atoms with Crippen LogP contribution >= 0.6 is 0 Å². The molecule has 0 saturated heterocycles. The molecule has 0 aromatic carbocycles. The van der Waals surface area contributed by atoms with E-state index in [1.807, 2.05) is 0 Å². The molecule has 0 saturated carbocycles. The first-order chi connectivity index (χ1) is 7.56. The van der Waals surface area contributed by atoms with Crippen molar-refractivity contribution in [3.05, 3.63) is 0 Å². The molecule has 1 heteroatoms. The molecule has 0 amide bonds. The molecule has 0 heterocycles. The molecule has 0 aliphatic rings. The summed E-state index contributed by atoms with van der Waals surface area (Å²) < 4.78 is 1.60. The summed E-state index contributed by atoms with van der Waals surface area (Å²) in [7, 11) is 0. The van der Waals surface area contributed by atoms with Crippen molar-refractivity contribution in [3.8, 4) is 0 Å². The van der Waals surface area contributed by atoms with Gasteiger partial charge in [0.05, 0.1) is 0 Å². The van der Waals surface area contributed by atoms with Gasteiger partial charge in [0.25, 0.3) is 0 Å². The molecule has 0 spiro atoms. The zero-order valence-electron chi connectivity index (χ0n) is 12.3. The van der Waals surface area contributed by atoms with Crippen molar-refractivity contribution in [2.24, 2.45) is 0 Å². The van der Waals surface area contributed by atoms with Gasteiger partial charge in [-0.2, -0.15) is 0 Å². The first-order valence-electron chi connectivity index (χ1n) is 7.56. The Morgan fingerprint density at radius 3 is 1.31 bits per heavy atom. The van der Waals surface area contributed by atoms with Crippen LogP contribution in [0.2, 0.25) is 19.3 Å². The van der Waals surface area contributed by atoms with Gasteiger partial charge in [0.1, 0.15) is 0 Å². The van der Waals surface area contributed by atoms with Gasteiger partial charge in [0, 0.05) is 0 Å². The van der Waals surface area contributed by atoms with E-state index < -0.39 is 18.4 Å². The van der Waals surface area contributed by atoms with Gasteiger partial charge in [-0.05, 0) is 0 Å². The number of unbranched alkanes of at least 4 members (excludes halogenated alkanes) is 9. The van der Waals surface area contributed by atoms with Crippen molar-refractivity contribution in [1.82, 2.24) is 0 Å². The van der Waals surface area contributed by atoms with Crippen LogP contribution in [-0.4, -0.2) is 18.4 Å². The molecular weight excluding hydrogens is 299 g/mol. The second-order valence-corrected chi connectivity index (χ2v) is 22.5. The van der Waals surface area contributed by atoms with Crippen molar-refractivity contribution in [2.45, 2.75) is 90.4 Å². The van der Waals surface area contributed by atoms with Crippen LogP contribution in [0.3, 0.4) is 0 Å². The molecule has 0 aliphatic carbocycles. The summed E-state index contributed by atoms with van der Waals surface area (Å²) in [5, 5.41) is 0. The van der Waals surface area contributed by atoms with Crippen molar-refractivity contribution < 1.29 is 0 Å². The first kappa shape index (κ1) is 16.8. The molecule has 0 N–H and O–H groups in total. The van der Waals surface area contributed by atoms with E-state index in [4.69, 9.17) is 0 Å². The van der Waals surface area contributed by atoms with Crippen LogP contribution in [-0.2, 0) is 0 Å². The Morgan fingerprint density at radius 1 is 0.562 bits per heavy atom. The van der Waals surface area contributed by atoms with E-state index in [1.165, 1.54) is 64.2 Å². The molecule has 0 rings (SSSR count). The van der Waals surface area contributed by atoms with E-state index in [0.717, 1.165) is 0 Å². The van der Waals surface area contributed by atoms with Crippen LogP contribution in [0, 0.1) is 0 Å². The van der Waals surface area contributed by atoms with E-state index in [-0.39, 0.29) is 0 Å². The molecule has 0 nitrogen and oxygen atoms in total. The third-order valence-corrected chi connectivity index (χ3v) is 8.57. The molecule has 0 fully saturated rings. The van der Waals surface area contributed by atoms with Crippen LogP contribution in [0.1, 0.15) is 71.1 Å². The summed E-state index contributed by atoms with van der Waals surface area (Å²) in [6.45, 7) is 2.29. The predicted molar refractivity (Wildman–Crippen MR) is 80.0 cm³/mol. The van der Waals surface area contributed by atoms with E-state index in [9.17, 15) is 0 Å². The quantitative estimate of drug-likeness (QED) is 0.310. The van der Waals surface area contributed by atoms with Crippen molar-refractivity contribution in [2.75, 3.05) is 0 Å². The van der Waals surface area contributed by atoms with Crippen molar-refractivity contribution in [1.29, 1.82) is 0 Å². The maximum atomic E-state index is 2.56. The molecule has 0 aliphatic heterocycles. The second-order valence-electron chi connectivity index (χ2n) is 6.49. The molecule has 0 atom stereocenters. The second kappa shape index (κ2) is 10.9. The van der Waals surface area contributed by atoms with Gasteiger partial charge >= 0.3 is 109 Å². The average molecular weight is 333 g/mol. The van der Waals surface area contributed by atoms with E-state index in [2.05, 4.69) is 21.7 Å². The zero-order valence-corrected chi connectivity index (χ0v) is 15.1. The Morgan fingerprint density at radius 2 is 0.938 bits per heavy atom. The Balaban J connectivity index is 2.99. The van der Waals surface area contributed by atoms with Crippen LogP contribution in [0.4, 0.5) is 0 Å². The molecule has 0 aromatic rings. The van der Waals surface area contributed by atoms with Gasteiger partial charge in [-0.25, -0.2) is 0 Å². The normalized spacial score (nSPS) is 12.0. The topological polar surface area (TPSA) is 0 Å². The van der Waals surface area contributed by atoms with E-state index >= 15 is 0 Å². The summed E-state index contributed by atoms with van der Waals surface area (Å²) in [6, 6.07) is 0. The summed E-state index contributed by atoms with van der Waals surface area (Å²) in [5.74, 6) is 0. The SMILES string of the molecule is CCCCCCCCCCC[CH2][Sn]([CH3])([CH3])[CH3]. The van der Waals surface area contributed by atoms with Gasteiger partial charge < -0.3 is 0 Å². The van der Waals surface area contributed by atoms with Crippen molar-refractivity contribution >= 4 is 18.4 Å². The molecule has 0 aromatic heterocycles. The molecule has 98 valence electrons. The Bertz CT molecular complexity index is 135. The van der Waals surface area contributed by atoms with E-state index in [1.54, 1.807) is 4.44 Å². The monoisotopic (exact) mass is 334 g/mol. The van der Waals surface area contributed by atoms with E-state index in [0.29, 0.717) is 0 Å². The summed E-state index contributed by atoms with van der Waals surface area (Å²) in [6.07, 6.45) is 14.7. The summed E-state index contributed by atoms with van der Waals surface area (Å²) in [4.78, 5) is 7.67. The molecule has 0 unspecified atom stereocenters. The third-order valence-electron chi connectivity index (χ3n) is 3.28. The Labute approximate surface area is 108 Å². The average Bonchev–Trinajstić information content (AvgIpc) is 2.19. The molecular formula is C15H34Sn. The molecule has 0 bridgehead atoms. The van der Waals surface area contributed by atoms with Gasteiger partial charge in [-0.15, -0.1) is 0 Å². The van der Waals surface area contributed by atoms with Crippen LogP contribution in [0.15, 0.2) is 0 Å². The van der Waals surface area contributed by atoms with Crippen molar-refractivity contribution in [3.63, 3.8) is 0 Å². The number of hydrogen-bond donors (Lipinski definition) is 0. The fourth-order valence-corrected chi connectivity index (χ4v) is 5.88. The van der Waals surface area contributed by atoms with Gasteiger partial charge in [-0.1, -0.05) is 0 Å². The summed E-state index contributed by atoms with van der Waals surface area (Å²) >= 11 is -1.41. The third kappa shape index (κ3) is 14.8.